The summed E-state index contributed by atoms with van der Waals surface area (Å²) in [6, 6.07) is 12.4. The number of hydrogen-bond acceptors (Lipinski definition) is 6. The molecule has 0 aliphatic carbocycles. The van der Waals surface area contributed by atoms with Crippen LogP contribution in [0, 0.1) is 6.92 Å². The van der Waals surface area contributed by atoms with Crippen molar-refractivity contribution in [1.29, 1.82) is 0 Å². The van der Waals surface area contributed by atoms with E-state index in [0.29, 0.717) is 11.8 Å². The number of rotatable bonds is 5. The van der Waals surface area contributed by atoms with Gasteiger partial charge in [0.1, 0.15) is 17.1 Å². The number of piperidine rings is 1. The number of hydrogen-bond donors (Lipinski definition) is 2. The van der Waals surface area contributed by atoms with Crippen molar-refractivity contribution in [2.75, 3.05) is 18.0 Å². The van der Waals surface area contributed by atoms with Crippen molar-refractivity contribution in [1.82, 2.24) is 10.3 Å². The summed E-state index contributed by atoms with van der Waals surface area (Å²) in [4.78, 5) is 12.4. The summed E-state index contributed by atoms with van der Waals surface area (Å²) in [5, 5.41) is 18.6. The van der Waals surface area contributed by atoms with Gasteiger partial charge in [-0.2, -0.15) is 0 Å². The first-order valence-corrected chi connectivity index (χ1v) is 10.9. The van der Waals surface area contributed by atoms with Gasteiger partial charge in [-0.1, -0.05) is 42.1 Å². The lowest BCUT2D eigenvalue weighted by atomic mass is 9.81. The van der Waals surface area contributed by atoms with Gasteiger partial charge in [0.15, 0.2) is 5.60 Å². The van der Waals surface area contributed by atoms with E-state index < -0.39 is 11.2 Å². The number of aryl methyl sites for hydroxylation is 1. The molecule has 4 rings (SSSR count). The molecule has 0 bridgehead atoms. The van der Waals surface area contributed by atoms with Gasteiger partial charge in [0, 0.05) is 30.0 Å². The van der Waals surface area contributed by atoms with E-state index in [1.807, 2.05) is 50.4 Å². The summed E-state index contributed by atoms with van der Waals surface area (Å²) in [7, 11) is 0. The Kier molecular flexibility index (Phi) is 5.62. The molecule has 1 aromatic heterocycles. The number of anilines is 1. The summed E-state index contributed by atoms with van der Waals surface area (Å²) >= 11 is 0. The van der Waals surface area contributed by atoms with Crippen LogP contribution in [0.25, 0.3) is 5.70 Å². The predicted molar refractivity (Wildman–Crippen MR) is 125 cm³/mol. The Hall–Kier alpha value is -2.70. The summed E-state index contributed by atoms with van der Waals surface area (Å²) in [6.07, 6.45) is 4.06. The molecule has 0 unspecified atom stereocenters. The lowest BCUT2D eigenvalue weighted by Crippen LogP contribution is -2.50. The number of oxime groups is 1. The third-order valence-electron chi connectivity index (χ3n) is 6.63. The second-order valence-corrected chi connectivity index (χ2v) is 9.15. The smallest absolute Gasteiger partial charge is 0.166 e. The maximum atomic E-state index is 11.0. The predicted octanol–water partition coefficient (Wildman–Crippen LogP) is 3.88. The zero-order valence-corrected chi connectivity index (χ0v) is 18.9. The summed E-state index contributed by atoms with van der Waals surface area (Å²) < 4.78 is 0. The summed E-state index contributed by atoms with van der Waals surface area (Å²) in [6.45, 7) is 13.9. The fraction of sp³-hybridized carbons (Fsp3) is 0.440. The SMILES string of the molecule is C=C(c1ccc(C2=NOC(C)(C)[C@@]2(C)O)cc1)N(c1ncccc1C)[C@@H]1CCCNC1. The van der Waals surface area contributed by atoms with Gasteiger partial charge in [-0.3, -0.25) is 0 Å². The molecule has 2 aliphatic rings. The molecule has 2 aliphatic heterocycles. The molecule has 164 valence electrons. The molecular weight excluding hydrogens is 388 g/mol. The average molecular weight is 421 g/mol. The molecular formula is C25H32N4O2. The van der Waals surface area contributed by atoms with Crippen LogP contribution in [0.2, 0.25) is 0 Å². The second kappa shape index (κ2) is 8.09. The third kappa shape index (κ3) is 3.86. The highest BCUT2D eigenvalue weighted by molar-refractivity contribution is 6.07. The Morgan fingerprint density at radius 1 is 1.23 bits per heavy atom. The maximum absolute atomic E-state index is 11.0. The van der Waals surface area contributed by atoms with Crippen molar-refractivity contribution in [2.24, 2.45) is 5.16 Å². The van der Waals surface area contributed by atoms with Gasteiger partial charge in [0.25, 0.3) is 0 Å². The summed E-state index contributed by atoms with van der Waals surface area (Å²) in [5.41, 5.74) is 2.50. The van der Waals surface area contributed by atoms with Gasteiger partial charge in [0.05, 0.1) is 0 Å². The minimum atomic E-state index is -1.17. The number of aliphatic hydroxyl groups is 1. The van der Waals surface area contributed by atoms with Crippen LogP contribution in [-0.2, 0) is 4.84 Å². The molecule has 0 saturated carbocycles. The monoisotopic (exact) mass is 420 g/mol. The van der Waals surface area contributed by atoms with Crippen molar-refractivity contribution >= 4 is 17.2 Å². The summed E-state index contributed by atoms with van der Waals surface area (Å²) in [5.74, 6) is 0.948. The molecule has 1 aromatic carbocycles. The Labute approximate surface area is 184 Å². The van der Waals surface area contributed by atoms with Crippen LogP contribution in [0.5, 0.6) is 0 Å². The molecule has 6 heteroatoms. The Bertz CT molecular complexity index is 989. The highest BCUT2D eigenvalue weighted by Crippen LogP contribution is 2.36. The number of nitrogens with zero attached hydrogens (tertiary/aromatic N) is 3. The van der Waals surface area contributed by atoms with Crippen LogP contribution in [-0.4, -0.2) is 46.1 Å². The lowest BCUT2D eigenvalue weighted by molar-refractivity contribution is -0.0936. The van der Waals surface area contributed by atoms with Gasteiger partial charge in [0.2, 0.25) is 0 Å². The molecule has 0 radical (unpaired) electrons. The average Bonchev–Trinajstić information content (AvgIpc) is 2.97. The molecule has 2 N–H and O–H groups in total. The van der Waals surface area contributed by atoms with Gasteiger partial charge >= 0.3 is 0 Å². The van der Waals surface area contributed by atoms with Crippen molar-refractivity contribution in [3.8, 4) is 0 Å². The Morgan fingerprint density at radius 2 is 1.97 bits per heavy atom. The van der Waals surface area contributed by atoms with Crippen molar-refractivity contribution < 1.29 is 9.94 Å². The topological polar surface area (TPSA) is 70.0 Å². The fourth-order valence-corrected chi connectivity index (χ4v) is 4.22. The maximum Gasteiger partial charge on any atom is 0.166 e. The largest absolute Gasteiger partial charge is 0.386 e. The first kappa shape index (κ1) is 21.5. The highest BCUT2D eigenvalue weighted by Gasteiger charge is 2.51. The Morgan fingerprint density at radius 3 is 2.55 bits per heavy atom. The zero-order chi connectivity index (χ0) is 22.2. The first-order valence-electron chi connectivity index (χ1n) is 10.9. The molecule has 31 heavy (non-hydrogen) atoms. The van der Waals surface area contributed by atoms with E-state index in [1.54, 1.807) is 6.92 Å². The van der Waals surface area contributed by atoms with E-state index in [2.05, 4.69) is 39.9 Å². The number of benzene rings is 1. The van der Waals surface area contributed by atoms with Crippen molar-refractivity contribution in [3.05, 3.63) is 65.9 Å². The highest BCUT2D eigenvalue weighted by atomic mass is 16.7. The van der Waals surface area contributed by atoms with E-state index in [-0.39, 0.29) is 0 Å². The minimum absolute atomic E-state index is 0.295. The van der Waals surface area contributed by atoms with E-state index >= 15 is 0 Å². The molecule has 3 heterocycles. The van der Waals surface area contributed by atoms with Crippen LogP contribution < -0.4 is 10.2 Å². The van der Waals surface area contributed by atoms with Gasteiger partial charge in [-0.15, -0.1) is 0 Å². The normalized spacial score (nSPS) is 24.9. The minimum Gasteiger partial charge on any atom is -0.386 e. The molecule has 0 amide bonds. The number of aromatic nitrogens is 1. The van der Waals surface area contributed by atoms with E-state index in [9.17, 15) is 5.11 Å². The quantitative estimate of drug-likeness (QED) is 0.768. The van der Waals surface area contributed by atoms with Crippen LogP contribution >= 0.6 is 0 Å². The van der Waals surface area contributed by atoms with Gasteiger partial charge in [-0.05, 0) is 64.3 Å². The second-order valence-electron chi connectivity index (χ2n) is 9.15. The van der Waals surface area contributed by atoms with Crippen LogP contribution in [0.15, 0.2) is 54.3 Å². The van der Waals surface area contributed by atoms with Crippen LogP contribution in [0.3, 0.4) is 0 Å². The Balaban J connectivity index is 1.64. The third-order valence-corrected chi connectivity index (χ3v) is 6.63. The van der Waals surface area contributed by atoms with E-state index in [1.165, 1.54) is 0 Å². The van der Waals surface area contributed by atoms with Crippen molar-refractivity contribution in [2.45, 2.75) is 57.8 Å². The number of pyridine rings is 1. The molecule has 1 saturated heterocycles. The fourth-order valence-electron chi connectivity index (χ4n) is 4.22. The van der Waals surface area contributed by atoms with Crippen LogP contribution in [0.4, 0.5) is 5.82 Å². The van der Waals surface area contributed by atoms with Crippen molar-refractivity contribution in [3.63, 3.8) is 0 Å². The lowest BCUT2D eigenvalue weighted by Gasteiger charge is -2.37. The molecule has 6 nitrogen and oxygen atoms in total. The standard InChI is InChI=1S/C25H32N4O2/c1-17-8-6-15-27-23(17)29(21-9-7-14-26-16-21)18(2)19-10-12-20(13-11-19)22-25(5,30)24(3,4)31-28-22/h6,8,10-13,15,21,26,30H,2,7,9,14,16H2,1,3-5H3/t21-,25+/m1/s1. The molecule has 2 atom stereocenters. The van der Waals surface area contributed by atoms with E-state index in [4.69, 9.17) is 4.84 Å². The molecule has 0 spiro atoms. The van der Waals surface area contributed by atoms with Gasteiger partial charge in [-0.25, -0.2) is 4.98 Å². The van der Waals surface area contributed by atoms with Gasteiger partial charge < -0.3 is 20.2 Å². The first-order chi connectivity index (χ1) is 14.7. The zero-order valence-electron chi connectivity index (χ0n) is 18.9. The van der Waals surface area contributed by atoms with Crippen LogP contribution in [0.1, 0.15) is 50.3 Å². The molecule has 1 fully saturated rings. The molecule has 2 aromatic rings. The number of nitrogens with one attached hydrogen (secondary N) is 1. The van der Waals surface area contributed by atoms with E-state index in [0.717, 1.165) is 54.1 Å².